The van der Waals surface area contributed by atoms with E-state index in [0.29, 0.717) is 12.2 Å². The third kappa shape index (κ3) is 3.73. The predicted octanol–water partition coefficient (Wildman–Crippen LogP) is 1.75. The Bertz CT molecular complexity index is 520. The molecule has 114 valence electrons. The van der Waals surface area contributed by atoms with E-state index >= 15 is 0 Å². The second kappa shape index (κ2) is 7.09. The van der Waals surface area contributed by atoms with E-state index in [1.807, 2.05) is 13.8 Å². The maximum atomic E-state index is 11.5. The molecule has 0 aromatic heterocycles. The van der Waals surface area contributed by atoms with Crippen molar-refractivity contribution in [3.8, 4) is 0 Å². The first-order valence-electron chi connectivity index (χ1n) is 6.72. The lowest BCUT2D eigenvalue weighted by Gasteiger charge is -2.20. The maximum absolute atomic E-state index is 11.5. The van der Waals surface area contributed by atoms with Gasteiger partial charge in [0.15, 0.2) is 0 Å². The highest BCUT2D eigenvalue weighted by atomic mass is 16.9. The summed E-state index contributed by atoms with van der Waals surface area (Å²) in [5.41, 5.74) is 2.97. The fourth-order valence-corrected chi connectivity index (χ4v) is 1.78. The summed E-state index contributed by atoms with van der Waals surface area (Å²) >= 11 is 0. The van der Waals surface area contributed by atoms with Crippen LogP contribution < -0.4 is 15.2 Å². The molecule has 0 saturated carbocycles. The van der Waals surface area contributed by atoms with Crippen LogP contribution in [0.3, 0.4) is 0 Å². The second-order valence-electron chi connectivity index (χ2n) is 3.97. The molecule has 1 heterocycles. The van der Waals surface area contributed by atoms with Gasteiger partial charge in [-0.1, -0.05) is 19.3 Å². The van der Waals surface area contributed by atoms with E-state index in [0.717, 1.165) is 4.90 Å². The molecule has 0 atom stereocenters. The Kier molecular flexibility index (Phi) is 5.74. The zero-order valence-corrected chi connectivity index (χ0v) is 12.3. The number of rotatable bonds is 4. The molecule has 0 radical (unpaired) electrons. The van der Waals surface area contributed by atoms with Gasteiger partial charge in [0.1, 0.15) is 0 Å². The molecule has 2 amide bonds. The van der Waals surface area contributed by atoms with Crippen molar-refractivity contribution in [3.05, 3.63) is 36.4 Å². The van der Waals surface area contributed by atoms with E-state index in [2.05, 4.69) is 5.43 Å². The number of quaternary nitrogens is 1. The monoisotopic (exact) mass is 294 g/mol. The molecule has 0 spiro atoms. The molecular weight excluding hydrogens is 274 g/mol. The maximum Gasteiger partial charge on any atom is 0.258 e. The smallest absolute Gasteiger partial charge is 0.258 e. The quantitative estimate of drug-likeness (QED) is 0.447. The van der Waals surface area contributed by atoms with Gasteiger partial charge in [0, 0.05) is 30.8 Å². The van der Waals surface area contributed by atoms with Gasteiger partial charge in [-0.05, 0) is 19.1 Å². The highest BCUT2D eigenvalue weighted by molar-refractivity contribution is 6.28. The SMILES string of the molecule is CC.CCN[N+](O)(O)c1ccc(N2C(=O)C=CC2=O)cc1. The average molecular weight is 294 g/mol. The third-order valence-corrected chi connectivity index (χ3v) is 2.66. The summed E-state index contributed by atoms with van der Waals surface area (Å²) in [7, 11) is 0. The van der Waals surface area contributed by atoms with Crippen LogP contribution >= 0.6 is 0 Å². The minimum atomic E-state index is -1.46. The zero-order valence-electron chi connectivity index (χ0n) is 12.3. The Balaban J connectivity index is 0.00000106. The molecule has 1 aliphatic rings. The molecule has 2 rings (SSSR count). The molecule has 0 unspecified atom stereocenters. The van der Waals surface area contributed by atoms with Crippen molar-refractivity contribution in [1.82, 2.24) is 10.3 Å². The van der Waals surface area contributed by atoms with Gasteiger partial charge >= 0.3 is 0 Å². The van der Waals surface area contributed by atoms with Crippen LogP contribution in [-0.2, 0) is 9.59 Å². The minimum Gasteiger partial charge on any atom is -0.269 e. The molecule has 0 fully saturated rings. The molecule has 3 N–H and O–H groups in total. The first-order chi connectivity index (χ1) is 9.95. The normalized spacial score (nSPS) is 14.2. The lowest BCUT2D eigenvalue weighted by atomic mass is 10.2. The van der Waals surface area contributed by atoms with Crippen molar-refractivity contribution >= 4 is 23.2 Å². The summed E-state index contributed by atoms with van der Waals surface area (Å²) in [6.45, 7) is 6.07. The topological polar surface area (TPSA) is 89.9 Å². The molecule has 7 heteroatoms. The number of hydrogen-bond donors (Lipinski definition) is 3. The van der Waals surface area contributed by atoms with Crippen molar-refractivity contribution in [2.24, 2.45) is 0 Å². The number of benzene rings is 1. The number of anilines is 1. The zero-order chi connectivity index (χ0) is 16.0. The molecule has 1 aromatic rings. The summed E-state index contributed by atoms with van der Waals surface area (Å²) in [6, 6.07) is 5.76. The Morgan fingerprint density at radius 2 is 1.52 bits per heavy atom. The second-order valence-corrected chi connectivity index (χ2v) is 3.97. The van der Waals surface area contributed by atoms with Crippen molar-refractivity contribution in [2.45, 2.75) is 20.8 Å². The van der Waals surface area contributed by atoms with Crippen LogP contribution in [0, 0.1) is 0 Å². The fourth-order valence-electron chi connectivity index (χ4n) is 1.78. The van der Waals surface area contributed by atoms with Gasteiger partial charge in [-0.2, -0.15) is 10.4 Å². The largest absolute Gasteiger partial charge is 0.269 e. The van der Waals surface area contributed by atoms with E-state index in [9.17, 15) is 20.0 Å². The van der Waals surface area contributed by atoms with Crippen LogP contribution in [0.2, 0.25) is 0 Å². The molecule has 0 aliphatic carbocycles. The summed E-state index contributed by atoms with van der Waals surface area (Å²) < 4.78 is 0. The van der Waals surface area contributed by atoms with Crippen molar-refractivity contribution in [2.75, 3.05) is 11.4 Å². The minimum absolute atomic E-state index is 0.164. The molecule has 21 heavy (non-hydrogen) atoms. The van der Waals surface area contributed by atoms with Crippen LogP contribution in [0.15, 0.2) is 36.4 Å². The van der Waals surface area contributed by atoms with Gasteiger partial charge in [0.05, 0.1) is 10.6 Å². The molecule has 1 aromatic carbocycles. The predicted molar refractivity (Wildman–Crippen MR) is 78.5 cm³/mol. The van der Waals surface area contributed by atoms with E-state index < -0.39 is 16.7 Å². The first kappa shape index (κ1) is 17.0. The van der Waals surface area contributed by atoms with E-state index in [4.69, 9.17) is 0 Å². The van der Waals surface area contributed by atoms with Crippen molar-refractivity contribution in [1.29, 1.82) is 0 Å². The molecule has 0 saturated heterocycles. The Hall–Kier alpha value is -2.06. The van der Waals surface area contributed by atoms with Gasteiger partial charge in [0.2, 0.25) is 5.69 Å². The number of hydrogen-bond acceptors (Lipinski definition) is 5. The number of carbonyl (C=O) groups is 2. The fraction of sp³-hybridized carbons (Fsp3) is 0.286. The van der Waals surface area contributed by atoms with Gasteiger partial charge in [-0.25, -0.2) is 4.90 Å². The summed E-state index contributed by atoms with van der Waals surface area (Å²) in [4.78, 5) is 22.5. The Labute approximate surface area is 123 Å². The van der Waals surface area contributed by atoms with Crippen LogP contribution in [0.1, 0.15) is 20.8 Å². The number of imide groups is 1. The Morgan fingerprint density at radius 1 is 1.05 bits per heavy atom. The highest BCUT2D eigenvalue weighted by Crippen LogP contribution is 2.24. The third-order valence-electron chi connectivity index (χ3n) is 2.66. The lowest BCUT2D eigenvalue weighted by Crippen LogP contribution is -2.54. The number of nitrogens with zero attached hydrogens (tertiary/aromatic N) is 2. The van der Waals surface area contributed by atoms with E-state index in [1.54, 1.807) is 6.92 Å². The molecule has 7 nitrogen and oxygen atoms in total. The van der Waals surface area contributed by atoms with E-state index in [-0.39, 0.29) is 5.69 Å². The van der Waals surface area contributed by atoms with Crippen LogP contribution in [0.25, 0.3) is 0 Å². The summed E-state index contributed by atoms with van der Waals surface area (Å²) in [5.74, 6) is -0.837. The number of amides is 2. The van der Waals surface area contributed by atoms with Crippen LogP contribution in [-0.4, -0.2) is 28.8 Å². The average Bonchev–Trinajstić information content (AvgIpc) is 2.80. The van der Waals surface area contributed by atoms with Gasteiger partial charge in [0.25, 0.3) is 11.8 Å². The summed E-state index contributed by atoms with van der Waals surface area (Å²) in [6.07, 6.45) is 2.38. The standard InChI is InChI=1S/C12H14N3O4.C2H6/c1-2-13-15(18,19)10-5-3-9(4-6-10)14-11(16)7-8-12(14)17;1-2/h3-8,13,18-19H,2H2,1H3;1-2H3/q+1;. The van der Waals surface area contributed by atoms with Crippen molar-refractivity contribution in [3.63, 3.8) is 0 Å². The van der Waals surface area contributed by atoms with Crippen molar-refractivity contribution < 1.29 is 20.0 Å². The van der Waals surface area contributed by atoms with Crippen LogP contribution in [0.4, 0.5) is 11.4 Å². The summed E-state index contributed by atoms with van der Waals surface area (Å²) in [5, 5.41) is 19.3. The molecule has 0 bridgehead atoms. The number of carbonyl (C=O) groups excluding carboxylic acids is 2. The first-order valence-corrected chi connectivity index (χ1v) is 6.72. The van der Waals surface area contributed by atoms with Gasteiger partial charge in [-0.3, -0.25) is 9.59 Å². The van der Waals surface area contributed by atoms with Crippen LogP contribution in [0.5, 0.6) is 0 Å². The lowest BCUT2D eigenvalue weighted by molar-refractivity contribution is -0.324. The molecular formula is C14H20N3O4+. The highest BCUT2D eigenvalue weighted by Gasteiger charge is 2.28. The Morgan fingerprint density at radius 3 is 1.95 bits per heavy atom. The van der Waals surface area contributed by atoms with E-state index in [1.165, 1.54) is 36.4 Å². The van der Waals surface area contributed by atoms with Gasteiger partial charge < -0.3 is 0 Å². The molecule has 1 aliphatic heterocycles. The number of nitrogens with one attached hydrogen (secondary N) is 1. The van der Waals surface area contributed by atoms with Gasteiger partial charge in [-0.15, -0.1) is 0 Å².